The first-order chi connectivity index (χ1) is 13.3. The van der Waals surface area contributed by atoms with Crippen LogP contribution in [0.25, 0.3) is 0 Å². The van der Waals surface area contributed by atoms with Crippen LogP contribution < -0.4 is 5.32 Å². The number of rotatable bonds is 8. The van der Waals surface area contributed by atoms with Crippen molar-refractivity contribution in [3.05, 3.63) is 11.3 Å². The largest absolute Gasteiger partial charge is 0.477 e. The normalized spacial score (nSPS) is 21.9. The van der Waals surface area contributed by atoms with E-state index in [2.05, 4.69) is 0 Å². The highest BCUT2D eigenvalue weighted by molar-refractivity contribution is 8.00. The van der Waals surface area contributed by atoms with Gasteiger partial charge in [-0.15, -0.1) is 11.8 Å². The number of hydrogen-bond acceptors (Lipinski definition) is 8. The van der Waals surface area contributed by atoms with Crippen LogP contribution in [0.1, 0.15) is 6.92 Å². The molecule has 2 amide bonds. The summed E-state index contributed by atoms with van der Waals surface area (Å²) in [4.78, 5) is 47.3. The number of alkyl halides is 3. The number of carboxylic acid groups (broad SMARTS) is 1. The number of hydrogen-bond donors (Lipinski definition) is 2. The summed E-state index contributed by atoms with van der Waals surface area (Å²) in [5.74, 6) is -6.24. The zero-order valence-electron chi connectivity index (χ0n) is 14.7. The molecule has 0 aromatic carbocycles. The molecule has 2 aliphatic heterocycles. The number of halogens is 3. The van der Waals surface area contributed by atoms with E-state index in [0.29, 0.717) is 0 Å². The molecular weight excluding hydrogens is 445 g/mol. The van der Waals surface area contributed by atoms with Crippen molar-refractivity contribution in [1.82, 2.24) is 10.2 Å². The Morgan fingerprint density at radius 1 is 1.38 bits per heavy atom. The molecule has 10 nitrogen and oxygen atoms in total. The van der Waals surface area contributed by atoms with Crippen molar-refractivity contribution in [2.45, 2.75) is 23.6 Å². The fourth-order valence-electron chi connectivity index (χ4n) is 2.56. The van der Waals surface area contributed by atoms with E-state index < -0.39 is 68.4 Å². The van der Waals surface area contributed by atoms with E-state index in [9.17, 15) is 45.9 Å². The molecule has 0 radical (unpaired) electrons. The lowest BCUT2D eigenvalue weighted by atomic mass is 10.0. The second kappa shape index (κ2) is 8.22. The molecule has 2 aliphatic rings. The quantitative estimate of drug-likeness (QED) is 0.353. The Hall–Kier alpha value is -2.29. The lowest BCUT2D eigenvalue weighted by molar-refractivity contribution is -0.150. The van der Waals surface area contributed by atoms with E-state index in [1.807, 2.05) is 5.32 Å². The Morgan fingerprint density at radius 2 is 2.00 bits per heavy atom. The molecular formula is C14H15F3N2O8S2. The molecule has 0 spiro atoms. The highest BCUT2D eigenvalue weighted by Crippen LogP contribution is 2.40. The monoisotopic (exact) mass is 460 g/mol. The van der Waals surface area contributed by atoms with Crippen molar-refractivity contribution < 1.29 is 50.6 Å². The molecule has 1 saturated heterocycles. The average molecular weight is 460 g/mol. The van der Waals surface area contributed by atoms with Crippen molar-refractivity contribution in [1.29, 1.82) is 0 Å². The summed E-state index contributed by atoms with van der Waals surface area (Å²) in [6, 6.07) is -1.36. The summed E-state index contributed by atoms with van der Waals surface area (Å²) < 4.78 is 65.8. The van der Waals surface area contributed by atoms with Crippen LogP contribution in [0.15, 0.2) is 11.3 Å². The lowest BCUT2D eigenvalue weighted by Gasteiger charge is -2.49. The minimum Gasteiger partial charge on any atom is -0.477 e. The Morgan fingerprint density at radius 3 is 2.52 bits per heavy atom. The highest BCUT2D eigenvalue weighted by Gasteiger charge is 2.55. The maximum absolute atomic E-state index is 13.1. The minimum atomic E-state index is -5.44. The molecule has 0 aromatic heterocycles. The van der Waals surface area contributed by atoms with Gasteiger partial charge in [-0.3, -0.25) is 19.3 Å². The standard InChI is InChI=1S/C14H15F3N2O8S2/c1-6(20)27-2-7-3-28-12-9(11(22)19(12)10(7)13(23)24)18-8(21)4-29(25,26)14(16,17)5-15/h9,12H,2-5H2,1H3,(H,18,21)(H,23,24)/t9-,12-/m1/s1. The SMILES string of the molecule is CC(=O)OCC1=C(C(=O)O)N2C(=O)[C@@H](NC(=O)CS(=O)(=O)C(F)(F)CF)[C@H]2SC1. The number of amides is 2. The molecule has 0 bridgehead atoms. The van der Waals surface area contributed by atoms with Gasteiger partial charge >= 0.3 is 17.2 Å². The van der Waals surface area contributed by atoms with E-state index in [1.54, 1.807) is 0 Å². The summed E-state index contributed by atoms with van der Waals surface area (Å²) in [6.45, 7) is -1.76. The minimum absolute atomic E-state index is 0.0218. The number of carboxylic acids is 1. The van der Waals surface area contributed by atoms with Gasteiger partial charge in [0.25, 0.3) is 5.91 Å². The van der Waals surface area contributed by atoms with E-state index in [1.165, 1.54) is 0 Å². The van der Waals surface area contributed by atoms with Gasteiger partial charge in [0, 0.05) is 18.2 Å². The van der Waals surface area contributed by atoms with Gasteiger partial charge in [-0.25, -0.2) is 17.6 Å². The van der Waals surface area contributed by atoms with Crippen molar-refractivity contribution in [2.75, 3.05) is 24.8 Å². The number of nitrogens with one attached hydrogen (secondary N) is 1. The summed E-state index contributed by atoms with van der Waals surface area (Å²) >= 11 is 0.996. The van der Waals surface area contributed by atoms with Gasteiger partial charge in [-0.1, -0.05) is 0 Å². The molecule has 1 fully saturated rings. The first-order valence-electron chi connectivity index (χ1n) is 7.81. The number of fused-ring (bicyclic) bond motifs is 1. The summed E-state index contributed by atoms with van der Waals surface area (Å²) in [6.07, 6.45) is 0. The second-order valence-corrected chi connectivity index (χ2v) is 9.24. The van der Waals surface area contributed by atoms with E-state index in [0.717, 1.165) is 23.6 Å². The number of sulfone groups is 1. The van der Waals surface area contributed by atoms with Gasteiger partial charge < -0.3 is 15.2 Å². The van der Waals surface area contributed by atoms with Gasteiger partial charge in [0.15, 0.2) is 6.67 Å². The van der Waals surface area contributed by atoms with Crippen LogP contribution >= 0.6 is 11.8 Å². The van der Waals surface area contributed by atoms with Crippen molar-refractivity contribution in [3.8, 4) is 0 Å². The molecule has 2 heterocycles. The molecule has 15 heteroatoms. The third kappa shape index (κ3) is 4.49. The first kappa shape index (κ1) is 23.0. The number of carbonyl (C=O) groups is 4. The van der Waals surface area contributed by atoms with Crippen molar-refractivity contribution in [2.24, 2.45) is 0 Å². The van der Waals surface area contributed by atoms with E-state index in [4.69, 9.17) is 4.74 Å². The molecule has 29 heavy (non-hydrogen) atoms. The molecule has 2 N–H and O–H groups in total. The topological polar surface area (TPSA) is 147 Å². The number of thioether (sulfide) groups is 1. The predicted molar refractivity (Wildman–Crippen MR) is 91.0 cm³/mol. The van der Waals surface area contributed by atoms with Crippen LogP contribution in [-0.2, 0) is 33.8 Å². The fourth-order valence-corrected chi connectivity index (χ4v) is 4.69. The third-order valence-corrected chi connectivity index (χ3v) is 6.95. The third-order valence-electron chi connectivity index (χ3n) is 3.95. The van der Waals surface area contributed by atoms with Crippen molar-refractivity contribution in [3.63, 3.8) is 0 Å². The van der Waals surface area contributed by atoms with Crippen LogP contribution in [0.5, 0.6) is 0 Å². The van der Waals surface area contributed by atoms with Gasteiger partial charge in [-0.05, 0) is 0 Å². The number of β-lactam (4-membered cyclic amide) rings is 1. The van der Waals surface area contributed by atoms with E-state index >= 15 is 0 Å². The van der Waals surface area contributed by atoms with Crippen LogP contribution in [0.4, 0.5) is 13.2 Å². The predicted octanol–water partition coefficient (Wildman–Crippen LogP) is -0.735. The average Bonchev–Trinajstić information content (AvgIpc) is 2.62. The molecule has 0 aliphatic carbocycles. The first-order valence-corrected chi connectivity index (χ1v) is 10.5. The summed E-state index contributed by atoms with van der Waals surface area (Å²) in [5.41, 5.74) is -0.306. The highest BCUT2D eigenvalue weighted by atomic mass is 32.2. The zero-order chi connectivity index (χ0) is 22.1. The Labute approximate surface area is 166 Å². The smallest absolute Gasteiger partial charge is 0.373 e. The zero-order valence-corrected chi connectivity index (χ0v) is 16.3. The molecule has 2 atom stereocenters. The molecule has 0 aromatic rings. The van der Waals surface area contributed by atoms with Gasteiger partial charge in [0.1, 0.15) is 29.5 Å². The second-order valence-electron chi connectivity index (χ2n) is 6.02. The van der Waals surface area contributed by atoms with Crippen molar-refractivity contribution >= 4 is 45.4 Å². The number of esters is 1. The number of nitrogens with zero attached hydrogens (tertiary/aromatic N) is 1. The van der Waals surface area contributed by atoms with Gasteiger partial charge in [0.2, 0.25) is 15.7 Å². The maximum Gasteiger partial charge on any atom is 0.373 e. The van der Waals surface area contributed by atoms with Crippen LogP contribution in [0.3, 0.4) is 0 Å². The lowest BCUT2D eigenvalue weighted by Crippen LogP contribution is -2.71. The van der Waals surface area contributed by atoms with E-state index in [-0.39, 0.29) is 17.9 Å². The number of carbonyl (C=O) groups excluding carboxylic acids is 3. The number of aliphatic carboxylic acids is 1. The van der Waals surface area contributed by atoms with Crippen LogP contribution in [0.2, 0.25) is 0 Å². The van der Waals surface area contributed by atoms with Crippen LogP contribution in [-0.4, -0.2) is 83.6 Å². The van der Waals surface area contributed by atoms with Gasteiger partial charge in [0.05, 0.1) is 0 Å². The Balaban J connectivity index is 2.12. The summed E-state index contributed by atoms with van der Waals surface area (Å²) in [7, 11) is -5.44. The Kier molecular flexibility index (Phi) is 6.51. The van der Waals surface area contributed by atoms with Crippen LogP contribution in [0, 0.1) is 0 Å². The molecule has 0 saturated carbocycles. The maximum atomic E-state index is 13.1. The Bertz CT molecular complexity index is 889. The fraction of sp³-hybridized carbons (Fsp3) is 0.571. The molecule has 162 valence electrons. The summed E-state index contributed by atoms with van der Waals surface area (Å²) in [5, 5.41) is 5.65. The molecule has 2 rings (SSSR count). The number of ether oxygens (including phenoxy) is 1. The van der Waals surface area contributed by atoms with Gasteiger partial charge in [-0.2, -0.15) is 8.78 Å². The molecule has 0 unspecified atom stereocenters.